The molecule has 2 rings (SSSR count). The summed E-state index contributed by atoms with van der Waals surface area (Å²) >= 11 is 0. The first-order chi connectivity index (χ1) is 10.6. The van der Waals surface area contributed by atoms with Crippen molar-refractivity contribution in [2.24, 2.45) is 0 Å². The molecule has 0 aliphatic carbocycles. The Morgan fingerprint density at radius 3 is 2.52 bits per heavy atom. The van der Waals surface area contributed by atoms with Gasteiger partial charge in [-0.15, -0.1) is 12.4 Å². The number of piperidine rings is 1. The average molecular weight is 339 g/mol. The summed E-state index contributed by atoms with van der Waals surface area (Å²) < 4.78 is 0. The van der Waals surface area contributed by atoms with Crippen LogP contribution in [0, 0.1) is 0 Å². The summed E-state index contributed by atoms with van der Waals surface area (Å²) in [6.07, 6.45) is 3.58. The summed E-state index contributed by atoms with van der Waals surface area (Å²) in [7, 11) is 0. The summed E-state index contributed by atoms with van der Waals surface area (Å²) in [5.74, 6) is 0.00620. The molecule has 1 aliphatic rings. The first-order valence-electron chi connectivity index (χ1n) is 8.25. The molecule has 1 amide bonds. The van der Waals surface area contributed by atoms with E-state index in [1.807, 2.05) is 24.3 Å². The number of hydrogen-bond acceptors (Lipinski definition) is 3. The number of rotatable bonds is 6. The second-order valence-corrected chi connectivity index (χ2v) is 6.03. The Balaban J connectivity index is 0.00000264. The molecule has 1 saturated heterocycles. The van der Waals surface area contributed by atoms with Crippen LogP contribution in [-0.2, 0) is 11.2 Å². The fourth-order valence-electron chi connectivity index (χ4n) is 2.82. The summed E-state index contributed by atoms with van der Waals surface area (Å²) in [4.78, 5) is 24.1. The molecule has 2 N–H and O–H groups in total. The molecule has 0 bridgehead atoms. The van der Waals surface area contributed by atoms with Crippen LogP contribution < -0.4 is 10.6 Å². The van der Waals surface area contributed by atoms with E-state index in [0.29, 0.717) is 11.6 Å². The molecular formula is C18H27ClN2O2. The molecule has 2 unspecified atom stereocenters. The lowest BCUT2D eigenvalue weighted by atomic mass is 9.99. The Bertz CT molecular complexity index is 516. The Morgan fingerprint density at radius 2 is 1.91 bits per heavy atom. The second kappa shape index (κ2) is 9.68. The van der Waals surface area contributed by atoms with Crippen LogP contribution in [0.1, 0.15) is 55.5 Å². The maximum atomic E-state index is 12.1. The van der Waals surface area contributed by atoms with E-state index in [1.54, 1.807) is 0 Å². The first-order valence-corrected chi connectivity index (χ1v) is 8.25. The van der Waals surface area contributed by atoms with E-state index in [2.05, 4.69) is 24.5 Å². The number of hydrogen-bond donors (Lipinski definition) is 2. The average Bonchev–Trinajstić information content (AvgIpc) is 2.55. The lowest BCUT2D eigenvalue weighted by Crippen LogP contribution is -2.51. The van der Waals surface area contributed by atoms with E-state index in [1.165, 1.54) is 5.56 Å². The quantitative estimate of drug-likeness (QED) is 0.784. The molecule has 1 fully saturated rings. The molecule has 23 heavy (non-hydrogen) atoms. The van der Waals surface area contributed by atoms with Gasteiger partial charge in [0.2, 0.25) is 5.91 Å². The summed E-state index contributed by atoms with van der Waals surface area (Å²) in [6, 6.07) is 8.14. The van der Waals surface area contributed by atoms with Crippen LogP contribution in [0.5, 0.6) is 0 Å². The molecule has 1 aromatic carbocycles. The summed E-state index contributed by atoms with van der Waals surface area (Å²) in [6.45, 7) is 5.19. The van der Waals surface area contributed by atoms with Gasteiger partial charge >= 0.3 is 0 Å². The van der Waals surface area contributed by atoms with Gasteiger partial charge in [0.05, 0.1) is 0 Å². The minimum atomic E-state index is -0.0286. The van der Waals surface area contributed by atoms with Gasteiger partial charge in [-0.2, -0.15) is 0 Å². The Hall–Kier alpha value is -1.39. The fraction of sp³-hybridized carbons (Fsp3) is 0.556. The van der Waals surface area contributed by atoms with Crippen LogP contribution in [0.3, 0.4) is 0 Å². The molecule has 0 spiro atoms. The number of aryl methyl sites for hydroxylation is 1. The normalized spacial score (nSPS) is 20.4. The van der Waals surface area contributed by atoms with Crippen LogP contribution in [0.25, 0.3) is 0 Å². The van der Waals surface area contributed by atoms with Crippen LogP contribution in [0.4, 0.5) is 0 Å². The van der Waals surface area contributed by atoms with Gasteiger partial charge in [0, 0.05) is 30.5 Å². The molecule has 0 saturated carbocycles. The highest BCUT2D eigenvalue weighted by molar-refractivity contribution is 5.98. The molecule has 2 atom stereocenters. The Kier molecular flexibility index (Phi) is 8.28. The van der Waals surface area contributed by atoms with E-state index < -0.39 is 0 Å². The Labute approximate surface area is 144 Å². The summed E-state index contributed by atoms with van der Waals surface area (Å²) in [5, 5.41) is 6.40. The highest BCUT2D eigenvalue weighted by Gasteiger charge is 2.22. The molecule has 0 aromatic heterocycles. The van der Waals surface area contributed by atoms with E-state index in [4.69, 9.17) is 0 Å². The molecule has 1 aromatic rings. The zero-order valence-electron chi connectivity index (χ0n) is 13.9. The zero-order chi connectivity index (χ0) is 15.9. The summed E-state index contributed by atoms with van der Waals surface area (Å²) in [5.41, 5.74) is 1.91. The number of ketones is 1. The minimum Gasteiger partial charge on any atom is -0.352 e. The third-order valence-electron chi connectivity index (χ3n) is 4.37. The molecule has 0 radical (unpaired) electrons. The van der Waals surface area contributed by atoms with Crippen molar-refractivity contribution < 1.29 is 9.59 Å². The van der Waals surface area contributed by atoms with Gasteiger partial charge in [-0.25, -0.2) is 0 Å². The first kappa shape index (κ1) is 19.7. The number of nitrogens with one attached hydrogen (secondary N) is 2. The van der Waals surface area contributed by atoms with Crippen molar-refractivity contribution >= 4 is 24.1 Å². The van der Waals surface area contributed by atoms with E-state index in [9.17, 15) is 9.59 Å². The predicted octanol–water partition coefficient (Wildman–Crippen LogP) is 2.89. The number of Topliss-reactive ketones (excluding diaryl/α,β-unsaturated/α-hetero) is 1. The largest absolute Gasteiger partial charge is 0.352 e. The lowest BCUT2D eigenvalue weighted by molar-refractivity contribution is -0.122. The number of benzene rings is 1. The van der Waals surface area contributed by atoms with E-state index >= 15 is 0 Å². The van der Waals surface area contributed by atoms with E-state index in [-0.39, 0.29) is 43.0 Å². The maximum absolute atomic E-state index is 12.1. The van der Waals surface area contributed by atoms with Crippen molar-refractivity contribution in [1.82, 2.24) is 10.6 Å². The predicted molar refractivity (Wildman–Crippen MR) is 95.3 cm³/mol. The van der Waals surface area contributed by atoms with Gasteiger partial charge in [0.1, 0.15) is 0 Å². The number of carbonyl (C=O) groups excluding carboxylic acids is 2. The highest BCUT2D eigenvalue weighted by Crippen LogP contribution is 2.11. The molecule has 128 valence electrons. The van der Waals surface area contributed by atoms with Crippen molar-refractivity contribution in [3.05, 3.63) is 35.4 Å². The third kappa shape index (κ3) is 5.96. The lowest BCUT2D eigenvalue weighted by Gasteiger charge is -2.30. The van der Waals surface area contributed by atoms with Crippen LogP contribution in [-0.4, -0.2) is 30.3 Å². The topological polar surface area (TPSA) is 58.2 Å². The van der Waals surface area contributed by atoms with Crippen molar-refractivity contribution in [3.63, 3.8) is 0 Å². The van der Waals surface area contributed by atoms with Gasteiger partial charge < -0.3 is 10.6 Å². The van der Waals surface area contributed by atoms with Gasteiger partial charge in [0.25, 0.3) is 0 Å². The van der Waals surface area contributed by atoms with Crippen molar-refractivity contribution in [3.8, 4) is 0 Å². The molecular weight excluding hydrogens is 312 g/mol. The molecule has 5 heteroatoms. The third-order valence-corrected chi connectivity index (χ3v) is 4.37. The standard InChI is InChI=1S/C18H26N2O2.ClH/c1-3-14-6-8-15(9-7-14)17(21)10-11-18(22)20-16-5-4-12-19-13(16)2;/h6-9,13,16,19H,3-5,10-12H2,1-2H3,(H,20,22);1H. The van der Waals surface area contributed by atoms with Gasteiger partial charge in [0.15, 0.2) is 5.78 Å². The van der Waals surface area contributed by atoms with Gasteiger partial charge in [-0.3, -0.25) is 9.59 Å². The fourth-order valence-corrected chi connectivity index (χ4v) is 2.82. The van der Waals surface area contributed by atoms with Crippen molar-refractivity contribution in [2.75, 3.05) is 6.54 Å². The maximum Gasteiger partial charge on any atom is 0.220 e. The zero-order valence-corrected chi connectivity index (χ0v) is 14.7. The van der Waals surface area contributed by atoms with Crippen LogP contribution in [0.15, 0.2) is 24.3 Å². The minimum absolute atomic E-state index is 0. The van der Waals surface area contributed by atoms with Crippen LogP contribution in [0.2, 0.25) is 0 Å². The number of amides is 1. The number of halogens is 1. The molecule has 4 nitrogen and oxygen atoms in total. The molecule has 1 heterocycles. The van der Waals surface area contributed by atoms with Gasteiger partial charge in [-0.05, 0) is 38.3 Å². The monoisotopic (exact) mass is 338 g/mol. The second-order valence-electron chi connectivity index (χ2n) is 6.03. The van der Waals surface area contributed by atoms with E-state index in [0.717, 1.165) is 25.8 Å². The van der Waals surface area contributed by atoms with Crippen molar-refractivity contribution in [1.29, 1.82) is 0 Å². The van der Waals surface area contributed by atoms with Crippen LogP contribution >= 0.6 is 12.4 Å². The van der Waals surface area contributed by atoms with Gasteiger partial charge in [-0.1, -0.05) is 31.2 Å². The number of carbonyl (C=O) groups is 2. The smallest absolute Gasteiger partial charge is 0.220 e. The SMILES string of the molecule is CCc1ccc(C(=O)CCC(=O)NC2CCCNC2C)cc1.Cl. The molecule has 1 aliphatic heterocycles. The Morgan fingerprint density at radius 1 is 1.22 bits per heavy atom. The van der Waals surface area contributed by atoms with Crippen molar-refractivity contribution in [2.45, 2.75) is 58.0 Å². The highest BCUT2D eigenvalue weighted by atomic mass is 35.5.